The van der Waals surface area contributed by atoms with E-state index >= 15 is 0 Å². The number of anilines is 1. The lowest BCUT2D eigenvalue weighted by Crippen LogP contribution is -2.14. The molecule has 0 saturated carbocycles. The number of carbonyl (C=O) groups excluding carboxylic acids is 1. The fourth-order valence-electron chi connectivity index (χ4n) is 1.84. The molecule has 0 spiro atoms. The number of aromatic nitrogens is 2. The van der Waals surface area contributed by atoms with E-state index in [1.54, 1.807) is 13.0 Å². The lowest BCUT2D eigenvalue weighted by Gasteiger charge is -2.14. The van der Waals surface area contributed by atoms with Crippen LogP contribution in [0.3, 0.4) is 0 Å². The highest BCUT2D eigenvalue weighted by atomic mass is 19.1. The van der Waals surface area contributed by atoms with Crippen molar-refractivity contribution in [1.82, 2.24) is 10.2 Å². The first-order valence-corrected chi connectivity index (χ1v) is 6.41. The predicted molar refractivity (Wildman–Crippen MR) is 76.4 cm³/mol. The van der Waals surface area contributed by atoms with Gasteiger partial charge in [-0.05, 0) is 30.7 Å². The quantitative estimate of drug-likeness (QED) is 0.882. The van der Waals surface area contributed by atoms with Crippen molar-refractivity contribution in [1.29, 1.82) is 0 Å². The van der Waals surface area contributed by atoms with Crippen LogP contribution in [0.25, 0.3) is 0 Å². The molecule has 1 heterocycles. The zero-order valence-corrected chi connectivity index (χ0v) is 12.0. The highest BCUT2D eigenvalue weighted by Crippen LogP contribution is 2.22. The van der Waals surface area contributed by atoms with Crippen molar-refractivity contribution in [2.75, 3.05) is 5.32 Å². The Hall–Kier alpha value is -2.17. The molecule has 2 N–H and O–H groups in total. The molecule has 2 rings (SSSR count). The molecule has 106 valence electrons. The first kappa shape index (κ1) is 14.2. The minimum atomic E-state index is -0.353. The Morgan fingerprint density at radius 1 is 1.30 bits per heavy atom. The van der Waals surface area contributed by atoms with Gasteiger partial charge in [-0.15, -0.1) is 0 Å². The molecule has 0 atom stereocenters. The van der Waals surface area contributed by atoms with E-state index < -0.39 is 0 Å². The van der Waals surface area contributed by atoms with Crippen LogP contribution in [0.15, 0.2) is 24.3 Å². The molecular weight excluding hydrogens is 257 g/mol. The number of hydrogen-bond donors (Lipinski definition) is 2. The molecule has 0 radical (unpaired) electrons. The normalized spacial score (nSPS) is 11.4. The summed E-state index contributed by atoms with van der Waals surface area (Å²) in [6.45, 7) is 7.85. The van der Waals surface area contributed by atoms with Gasteiger partial charge < -0.3 is 5.32 Å². The Bertz CT molecular complexity index is 641. The highest BCUT2D eigenvalue weighted by Gasteiger charge is 2.18. The van der Waals surface area contributed by atoms with E-state index in [1.807, 2.05) is 0 Å². The zero-order valence-electron chi connectivity index (χ0n) is 12.0. The van der Waals surface area contributed by atoms with Gasteiger partial charge in [-0.2, -0.15) is 5.10 Å². The summed E-state index contributed by atoms with van der Waals surface area (Å²) in [5.74, 6) is -0.188. The maximum absolute atomic E-state index is 13.0. The van der Waals surface area contributed by atoms with Gasteiger partial charge in [0.25, 0.3) is 5.91 Å². The lowest BCUT2D eigenvalue weighted by molar-refractivity contribution is 0.102. The number of halogens is 1. The van der Waals surface area contributed by atoms with E-state index in [0.29, 0.717) is 16.9 Å². The molecule has 1 aromatic heterocycles. The van der Waals surface area contributed by atoms with E-state index in [1.165, 1.54) is 18.2 Å². The maximum Gasteiger partial charge on any atom is 0.257 e. The fraction of sp³-hybridized carbons (Fsp3) is 0.333. The second kappa shape index (κ2) is 5.07. The van der Waals surface area contributed by atoms with Crippen molar-refractivity contribution in [2.45, 2.75) is 33.1 Å². The van der Waals surface area contributed by atoms with Crippen LogP contribution in [0.5, 0.6) is 0 Å². The van der Waals surface area contributed by atoms with Gasteiger partial charge in [0.2, 0.25) is 0 Å². The van der Waals surface area contributed by atoms with E-state index in [4.69, 9.17) is 0 Å². The Morgan fingerprint density at radius 2 is 2.00 bits per heavy atom. The molecule has 5 heteroatoms. The number of hydrogen-bond acceptors (Lipinski definition) is 2. The number of nitrogens with one attached hydrogen (secondary N) is 2. The minimum Gasteiger partial charge on any atom is -0.305 e. The monoisotopic (exact) mass is 275 g/mol. The third kappa shape index (κ3) is 3.04. The van der Waals surface area contributed by atoms with Crippen molar-refractivity contribution in [3.63, 3.8) is 0 Å². The number of aryl methyl sites for hydroxylation is 1. The lowest BCUT2D eigenvalue weighted by atomic mass is 9.92. The van der Waals surface area contributed by atoms with Crippen molar-refractivity contribution in [2.24, 2.45) is 0 Å². The van der Waals surface area contributed by atoms with E-state index in [0.717, 1.165) is 5.69 Å². The zero-order chi connectivity index (χ0) is 14.9. The maximum atomic E-state index is 13.0. The summed E-state index contributed by atoms with van der Waals surface area (Å²) in [6, 6.07) is 5.88. The molecule has 0 fully saturated rings. The summed E-state index contributed by atoms with van der Waals surface area (Å²) in [7, 11) is 0. The van der Waals surface area contributed by atoms with Crippen LogP contribution < -0.4 is 5.32 Å². The SMILES string of the molecule is Cc1cc(F)ccc1C(=O)Nc1cc(C(C)(C)C)[nH]n1. The number of carbonyl (C=O) groups is 1. The number of rotatable bonds is 2. The summed E-state index contributed by atoms with van der Waals surface area (Å²) >= 11 is 0. The molecule has 0 aliphatic carbocycles. The van der Waals surface area contributed by atoms with Crippen molar-refractivity contribution in [3.05, 3.63) is 46.9 Å². The molecule has 20 heavy (non-hydrogen) atoms. The Morgan fingerprint density at radius 3 is 2.55 bits per heavy atom. The topological polar surface area (TPSA) is 57.8 Å². The number of amides is 1. The van der Waals surface area contributed by atoms with Gasteiger partial charge >= 0.3 is 0 Å². The smallest absolute Gasteiger partial charge is 0.257 e. The molecule has 1 amide bonds. The summed E-state index contributed by atoms with van der Waals surface area (Å²) in [4.78, 5) is 12.1. The summed E-state index contributed by atoms with van der Waals surface area (Å²) in [5.41, 5.74) is 1.89. The minimum absolute atomic E-state index is 0.0677. The molecule has 1 aromatic carbocycles. The summed E-state index contributed by atoms with van der Waals surface area (Å²) in [5, 5.41) is 9.67. The molecule has 0 unspecified atom stereocenters. The number of benzene rings is 1. The summed E-state index contributed by atoms with van der Waals surface area (Å²) < 4.78 is 13.0. The fourth-order valence-corrected chi connectivity index (χ4v) is 1.84. The van der Waals surface area contributed by atoms with Crippen LogP contribution in [-0.2, 0) is 5.41 Å². The third-order valence-corrected chi connectivity index (χ3v) is 3.06. The van der Waals surface area contributed by atoms with Crippen LogP contribution in [-0.4, -0.2) is 16.1 Å². The van der Waals surface area contributed by atoms with Crippen molar-refractivity contribution >= 4 is 11.7 Å². The number of nitrogens with zero attached hydrogens (tertiary/aromatic N) is 1. The van der Waals surface area contributed by atoms with Gasteiger partial charge in [-0.3, -0.25) is 9.89 Å². The van der Waals surface area contributed by atoms with Gasteiger partial charge in [-0.25, -0.2) is 4.39 Å². The average Bonchev–Trinajstić information content (AvgIpc) is 2.76. The van der Waals surface area contributed by atoms with Gasteiger partial charge in [-0.1, -0.05) is 20.8 Å². The Labute approximate surface area is 117 Å². The molecule has 0 saturated heterocycles. The molecule has 0 aliphatic heterocycles. The second-order valence-corrected chi connectivity index (χ2v) is 5.83. The predicted octanol–water partition coefficient (Wildman–Crippen LogP) is 3.41. The van der Waals surface area contributed by atoms with Crippen molar-refractivity contribution in [3.8, 4) is 0 Å². The Kier molecular flexibility index (Phi) is 3.61. The standard InChI is InChI=1S/C15H18FN3O/c1-9-7-10(16)5-6-11(9)14(20)17-13-8-12(18-19-13)15(2,3)4/h5-8H,1-4H3,(H2,17,18,19,20). The molecule has 0 bridgehead atoms. The van der Waals surface area contributed by atoms with Crippen LogP contribution in [0.1, 0.15) is 42.4 Å². The number of H-pyrrole nitrogens is 1. The van der Waals surface area contributed by atoms with Gasteiger partial charge in [0, 0.05) is 22.7 Å². The first-order valence-electron chi connectivity index (χ1n) is 6.41. The summed E-state index contributed by atoms with van der Waals surface area (Å²) in [6.07, 6.45) is 0. The molecule has 4 nitrogen and oxygen atoms in total. The number of aromatic amines is 1. The van der Waals surface area contributed by atoms with Gasteiger partial charge in [0.1, 0.15) is 5.82 Å². The van der Waals surface area contributed by atoms with Gasteiger partial charge in [0.15, 0.2) is 5.82 Å². The van der Waals surface area contributed by atoms with Gasteiger partial charge in [0.05, 0.1) is 0 Å². The second-order valence-electron chi connectivity index (χ2n) is 5.83. The molecular formula is C15H18FN3O. The van der Waals surface area contributed by atoms with Crippen LogP contribution in [0, 0.1) is 12.7 Å². The van der Waals surface area contributed by atoms with E-state index in [2.05, 4.69) is 36.3 Å². The molecule has 0 aliphatic rings. The van der Waals surface area contributed by atoms with E-state index in [-0.39, 0.29) is 17.1 Å². The van der Waals surface area contributed by atoms with Crippen LogP contribution in [0.2, 0.25) is 0 Å². The highest BCUT2D eigenvalue weighted by molar-refractivity contribution is 6.04. The third-order valence-electron chi connectivity index (χ3n) is 3.06. The largest absolute Gasteiger partial charge is 0.305 e. The van der Waals surface area contributed by atoms with Crippen LogP contribution >= 0.6 is 0 Å². The first-order chi connectivity index (χ1) is 9.27. The average molecular weight is 275 g/mol. The van der Waals surface area contributed by atoms with Crippen molar-refractivity contribution < 1.29 is 9.18 Å². The Balaban J connectivity index is 2.17. The van der Waals surface area contributed by atoms with Crippen LogP contribution in [0.4, 0.5) is 10.2 Å². The molecule has 2 aromatic rings. The van der Waals surface area contributed by atoms with E-state index in [9.17, 15) is 9.18 Å².